The molecule has 1 unspecified atom stereocenters. The Bertz CT molecular complexity index is 1420. The van der Waals surface area contributed by atoms with Crippen molar-refractivity contribution in [2.45, 2.75) is 65.0 Å². The summed E-state index contributed by atoms with van der Waals surface area (Å²) in [6, 6.07) is 12.6. The number of amides is 2. The summed E-state index contributed by atoms with van der Waals surface area (Å²) in [6.07, 6.45) is 1.95. The maximum atomic E-state index is 13.9. The van der Waals surface area contributed by atoms with Gasteiger partial charge in [0.15, 0.2) is 0 Å². The molecule has 212 valence electrons. The van der Waals surface area contributed by atoms with Crippen LogP contribution in [-0.4, -0.2) is 51.9 Å². The number of carbonyl (C=O) groups excluding carboxylic acids is 2. The molecule has 5 rings (SSSR count). The van der Waals surface area contributed by atoms with E-state index in [4.69, 9.17) is 5.10 Å². The molecule has 2 aliphatic rings. The maximum Gasteiger partial charge on any atom is 0.242 e. The van der Waals surface area contributed by atoms with Crippen LogP contribution in [0.5, 0.6) is 0 Å². The Hall–Kier alpha value is -3.13. The highest BCUT2D eigenvalue weighted by molar-refractivity contribution is 8.00. The molecule has 6 nitrogen and oxygen atoms in total. The highest BCUT2D eigenvalue weighted by Crippen LogP contribution is 2.48. The molecule has 0 aliphatic carbocycles. The molecule has 3 heterocycles. The highest BCUT2D eigenvalue weighted by atomic mass is 32.2. The highest BCUT2D eigenvalue weighted by Gasteiger charge is 2.40. The van der Waals surface area contributed by atoms with Gasteiger partial charge in [-0.2, -0.15) is 5.10 Å². The smallest absolute Gasteiger partial charge is 0.242 e. The van der Waals surface area contributed by atoms with E-state index in [1.54, 1.807) is 17.0 Å². The van der Waals surface area contributed by atoms with Gasteiger partial charge in [0.1, 0.15) is 18.2 Å². The fraction of sp³-hybridized carbons (Fsp3) is 0.469. The number of rotatable bonds is 4. The second-order valence-corrected chi connectivity index (χ2v) is 13.3. The summed E-state index contributed by atoms with van der Waals surface area (Å²) in [4.78, 5) is 31.1. The molecule has 1 fully saturated rings. The molecule has 1 atom stereocenters. The molecule has 0 bridgehead atoms. The van der Waals surface area contributed by atoms with Crippen LogP contribution in [-0.2, 0) is 15.0 Å². The quantitative estimate of drug-likeness (QED) is 0.372. The Labute approximate surface area is 240 Å². The van der Waals surface area contributed by atoms with E-state index in [0.29, 0.717) is 24.8 Å². The van der Waals surface area contributed by atoms with Crippen LogP contribution < -0.4 is 4.90 Å². The van der Waals surface area contributed by atoms with E-state index in [0.717, 1.165) is 46.5 Å². The van der Waals surface area contributed by atoms with Crippen molar-refractivity contribution in [3.63, 3.8) is 0 Å². The second-order valence-electron chi connectivity index (χ2n) is 12.3. The van der Waals surface area contributed by atoms with Gasteiger partial charge in [0.25, 0.3) is 0 Å². The predicted octanol–water partition coefficient (Wildman–Crippen LogP) is 6.35. The Kier molecular flexibility index (Phi) is 7.83. The Balaban J connectivity index is 1.73. The summed E-state index contributed by atoms with van der Waals surface area (Å²) < 4.78 is 15.8. The third-order valence-corrected chi connectivity index (χ3v) is 9.46. The summed E-state index contributed by atoms with van der Waals surface area (Å²) in [5.41, 5.74) is 5.40. The first-order chi connectivity index (χ1) is 19.0. The standard InChI is InChI=1S/C32H39FN4O2S/c1-20-14-16-35(17-15-20)26(38)18-36-27(39)19-40-29(23-10-12-24(33)13-11-23)28-30(32(4,5)6)34-37(31(28)36)25-9-7-8-21(2)22(25)3/h7-13,20,29H,14-19H2,1-6H3. The molecule has 0 radical (unpaired) electrons. The van der Waals surface area contributed by atoms with Crippen LogP contribution in [0.3, 0.4) is 0 Å². The van der Waals surface area contributed by atoms with E-state index in [2.05, 4.69) is 47.6 Å². The molecule has 1 aromatic heterocycles. The Morgan fingerprint density at radius 3 is 2.40 bits per heavy atom. The molecule has 0 spiro atoms. The molecule has 0 saturated carbocycles. The van der Waals surface area contributed by atoms with E-state index >= 15 is 0 Å². The van der Waals surface area contributed by atoms with Gasteiger partial charge in [-0.15, -0.1) is 11.8 Å². The van der Waals surface area contributed by atoms with Gasteiger partial charge in [-0.1, -0.05) is 52.0 Å². The van der Waals surface area contributed by atoms with Crippen molar-refractivity contribution in [1.82, 2.24) is 14.7 Å². The minimum atomic E-state index is -0.349. The summed E-state index contributed by atoms with van der Waals surface area (Å²) >= 11 is 1.51. The summed E-state index contributed by atoms with van der Waals surface area (Å²) in [6.45, 7) is 14.1. The van der Waals surface area contributed by atoms with Gasteiger partial charge >= 0.3 is 0 Å². The van der Waals surface area contributed by atoms with Gasteiger partial charge in [-0.25, -0.2) is 9.07 Å². The van der Waals surface area contributed by atoms with Crippen LogP contribution >= 0.6 is 11.8 Å². The molecule has 1 saturated heterocycles. The van der Waals surface area contributed by atoms with Crippen molar-refractivity contribution in [2.75, 3.05) is 30.3 Å². The number of nitrogens with zero attached hydrogens (tertiary/aromatic N) is 4. The SMILES string of the molecule is Cc1cccc(-n2nc(C(C)(C)C)c3c2N(CC(=O)N2CCC(C)CC2)C(=O)CSC3c2ccc(F)cc2)c1C. The lowest BCUT2D eigenvalue weighted by Crippen LogP contribution is -2.46. The average Bonchev–Trinajstić information content (AvgIpc) is 3.24. The summed E-state index contributed by atoms with van der Waals surface area (Å²) in [7, 11) is 0. The van der Waals surface area contributed by atoms with Gasteiger partial charge in [0.2, 0.25) is 11.8 Å². The van der Waals surface area contributed by atoms with Crippen LogP contribution in [0.4, 0.5) is 10.2 Å². The lowest BCUT2D eigenvalue weighted by molar-refractivity contribution is -0.132. The number of benzene rings is 2. The first-order valence-corrected chi connectivity index (χ1v) is 15.2. The molecular weight excluding hydrogens is 523 g/mol. The van der Waals surface area contributed by atoms with Crippen molar-refractivity contribution in [2.24, 2.45) is 5.92 Å². The number of hydrogen-bond acceptors (Lipinski definition) is 4. The number of aromatic nitrogens is 2. The summed E-state index contributed by atoms with van der Waals surface area (Å²) in [5, 5.41) is 4.95. The molecular formula is C32H39FN4O2S. The number of piperidine rings is 1. The molecule has 0 N–H and O–H groups in total. The largest absolute Gasteiger partial charge is 0.341 e. The fourth-order valence-electron chi connectivity index (χ4n) is 5.60. The minimum absolute atomic E-state index is 0.0307. The topological polar surface area (TPSA) is 58.4 Å². The monoisotopic (exact) mass is 562 g/mol. The zero-order valence-corrected chi connectivity index (χ0v) is 25.1. The van der Waals surface area contributed by atoms with Crippen molar-refractivity contribution >= 4 is 29.4 Å². The van der Waals surface area contributed by atoms with E-state index in [9.17, 15) is 14.0 Å². The number of anilines is 1. The first kappa shape index (κ1) is 28.4. The Morgan fingerprint density at radius 1 is 1.07 bits per heavy atom. The molecule has 2 aliphatic heterocycles. The zero-order chi connectivity index (χ0) is 28.8. The number of likely N-dealkylation sites (tertiary alicyclic amines) is 1. The second kappa shape index (κ2) is 11.0. The van der Waals surface area contributed by atoms with Crippen LogP contribution in [0.2, 0.25) is 0 Å². The fourth-order valence-corrected chi connectivity index (χ4v) is 6.80. The molecule has 3 aromatic rings. The normalized spacial score (nSPS) is 18.6. The predicted molar refractivity (Wildman–Crippen MR) is 160 cm³/mol. The zero-order valence-electron chi connectivity index (χ0n) is 24.3. The van der Waals surface area contributed by atoms with Gasteiger partial charge in [0, 0.05) is 24.1 Å². The number of aryl methyl sites for hydroxylation is 1. The van der Waals surface area contributed by atoms with Crippen LogP contribution in [0, 0.1) is 25.6 Å². The minimum Gasteiger partial charge on any atom is -0.341 e. The number of hydrogen-bond donors (Lipinski definition) is 0. The average molecular weight is 563 g/mol. The van der Waals surface area contributed by atoms with Gasteiger partial charge in [0.05, 0.1) is 22.4 Å². The van der Waals surface area contributed by atoms with Crippen molar-refractivity contribution in [3.8, 4) is 5.69 Å². The maximum absolute atomic E-state index is 13.9. The lowest BCUT2D eigenvalue weighted by atomic mass is 9.87. The molecule has 8 heteroatoms. The lowest BCUT2D eigenvalue weighted by Gasteiger charge is -2.32. The molecule has 40 heavy (non-hydrogen) atoms. The Morgan fingerprint density at radius 2 is 1.75 bits per heavy atom. The third-order valence-electron chi connectivity index (χ3n) is 8.21. The van der Waals surface area contributed by atoms with Crippen molar-refractivity contribution in [1.29, 1.82) is 0 Å². The van der Waals surface area contributed by atoms with E-state index < -0.39 is 0 Å². The molecule has 2 aromatic carbocycles. The van der Waals surface area contributed by atoms with Gasteiger partial charge in [-0.05, 0) is 67.5 Å². The van der Waals surface area contributed by atoms with E-state index in [1.165, 1.54) is 23.9 Å². The van der Waals surface area contributed by atoms with E-state index in [-0.39, 0.29) is 40.6 Å². The summed E-state index contributed by atoms with van der Waals surface area (Å²) in [5.74, 6) is 0.982. The number of thioether (sulfide) groups is 1. The van der Waals surface area contributed by atoms with Crippen molar-refractivity contribution in [3.05, 3.63) is 76.2 Å². The molecule has 2 amide bonds. The van der Waals surface area contributed by atoms with Crippen LogP contribution in [0.15, 0.2) is 42.5 Å². The number of halogens is 1. The van der Waals surface area contributed by atoms with Crippen molar-refractivity contribution < 1.29 is 14.0 Å². The number of fused-ring (bicyclic) bond motifs is 1. The van der Waals surface area contributed by atoms with Crippen LogP contribution in [0.1, 0.15) is 73.7 Å². The first-order valence-electron chi connectivity index (χ1n) is 14.1. The van der Waals surface area contributed by atoms with Crippen LogP contribution in [0.25, 0.3) is 5.69 Å². The van der Waals surface area contributed by atoms with Gasteiger partial charge in [-0.3, -0.25) is 14.5 Å². The third kappa shape index (κ3) is 5.42. The van der Waals surface area contributed by atoms with E-state index in [1.807, 2.05) is 21.7 Å². The number of carbonyl (C=O) groups is 2. The van der Waals surface area contributed by atoms with Gasteiger partial charge < -0.3 is 4.90 Å².